The van der Waals surface area contributed by atoms with Crippen LogP contribution in [0.25, 0.3) is 11.6 Å². The average molecular weight is 396 g/mol. The molecule has 7 nitrogen and oxygen atoms in total. The Balaban J connectivity index is 1.33. The Morgan fingerprint density at radius 1 is 1.28 bits per heavy atom. The van der Waals surface area contributed by atoms with E-state index in [-0.39, 0.29) is 11.2 Å². The highest BCUT2D eigenvalue weighted by Gasteiger charge is 2.44. The van der Waals surface area contributed by atoms with Gasteiger partial charge in [0.25, 0.3) is 0 Å². The van der Waals surface area contributed by atoms with Gasteiger partial charge in [-0.05, 0) is 49.6 Å². The second-order valence-corrected chi connectivity index (χ2v) is 7.25. The Kier molecular flexibility index (Phi) is 5.59. The van der Waals surface area contributed by atoms with E-state index in [0.717, 1.165) is 36.7 Å². The molecule has 0 aliphatic heterocycles. The van der Waals surface area contributed by atoms with Crippen molar-refractivity contribution in [2.24, 2.45) is 4.99 Å². The van der Waals surface area contributed by atoms with E-state index in [1.165, 1.54) is 6.07 Å². The van der Waals surface area contributed by atoms with Crippen LogP contribution in [0, 0.1) is 5.82 Å². The number of aliphatic imine (C=N–C) groups is 1. The Morgan fingerprint density at radius 3 is 2.90 bits per heavy atom. The molecular weight excluding hydrogens is 371 g/mol. The summed E-state index contributed by atoms with van der Waals surface area (Å²) < 4.78 is 18.9. The molecule has 1 fully saturated rings. The van der Waals surface area contributed by atoms with Crippen molar-refractivity contribution in [2.45, 2.75) is 31.6 Å². The van der Waals surface area contributed by atoms with Crippen molar-refractivity contribution >= 4 is 5.96 Å². The van der Waals surface area contributed by atoms with Crippen LogP contribution in [0.3, 0.4) is 0 Å². The van der Waals surface area contributed by atoms with Gasteiger partial charge in [-0.15, -0.1) is 0 Å². The highest BCUT2D eigenvalue weighted by molar-refractivity contribution is 5.79. The fraction of sp³-hybridized carbons (Fsp3) is 0.381. The lowest BCUT2D eigenvalue weighted by Crippen LogP contribution is -2.39. The first-order valence-electron chi connectivity index (χ1n) is 9.92. The van der Waals surface area contributed by atoms with Gasteiger partial charge in [0.2, 0.25) is 5.82 Å². The summed E-state index contributed by atoms with van der Waals surface area (Å²) >= 11 is 0. The van der Waals surface area contributed by atoms with E-state index in [2.05, 4.69) is 25.8 Å². The monoisotopic (exact) mass is 396 g/mol. The molecule has 0 saturated heterocycles. The van der Waals surface area contributed by atoms with E-state index in [9.17, 15) is 4.39 Å². The summed E-state index contributed by atoms with van der Waals surface area (Å²) in [5, 5.41) is 13.7. The number of H-pyrrole nitrogens is 1. The van der Waals surface area contributed by atoms with Gasteiger partial charge in [0.1, 0.15) is 11.6 Å². The predicted octanol–water partition coefficient (Wildman–Crippen LogP) is 3.03. The predicted molar refractivity (Wildman–Crippen MR) is 109 cm³/mol. The van der Waals surface area contributed by atoms with Crippen molar-refractivity contribution in [3.05, 3.63) is 59.9 Å². The van der Waals surface area contributed by atoms with Crippen molar-refractivity contribution in [2.75, 3.05) is 19.6 Å². The number of nitrogens with one attached hydrogen (secondary N) is 3. The lowest BCUT2D eigenvalue weighted by molar-refractivity contribution is 0.577. The van der Waals surface area contributed by atoms with Crippen LogP contribution >= 0.6 is 0 Å². The molecule has 2 heterocycles. The summed E-state index contributed by atoms with van der Waals surface area (Å²) in [7, 11) is 0. The van der Waals surface area contributed by atoms with Crippen molar-refractivity contribution in [1.82, 2.24) is 25.8 Å². The van der Waals surface area contributed by atoms with Crippen LogP contribution in [0.5, 0.6) is 0 Å². The first-order chi connectivity index (χ1) is 14.2. The molecule has 2 aromatic heterocycles. The number of hydrogen-bond acceptors (Lipinski definition) is 4. The second kappa shape index (κ2) is 8.46. The van der Waals surface area contributed by atoms with Crippen LogP contribution in [-0.4, -0.2) is 40.8 Å². The molecule has 1 aliphatic rings. The average Bonchev–Trinajstić information content (AvgIpc) is 3.10. The minimum Gasteiger partial charge on any atom is -0.461 e. The van der Waals surface area contributed by atoms with Gasteiger partial charge in [0.15, 0.2) is 11.7 Å². The van der Waals surface area contributed by atoms with Crippen molar-refractivity contribution in [1.29, 1.82) is 0 Å². The molecule has 29 heavy (non-hydrogen) atoms. The molecule has 0 amide bonds. The third-order valence-corrected chi connectivity index (χ3v) is 5.10. The smallest absolute Gasteiger partial charge is 0.216 e. The maximum atomic E-state index is 13.6. The van der Waals surface area contributed by atoms with E-state index >= 15 is 0 Å². The number of aromatic amines is 1. The number of benzene rings is 1. The van der Waals surface area contributed by atoms with Gasteiger partial charge in [-0.3, -0.25) is 10.1 Å². The van der Waals surface area contributed by atoms with E-state index in [1.807, 2.05) is 25.1 Å². The molecule has 8 heteroatoms. The van der Waals surface area contributed by atoms with E-state index in [4.69, 9.17) is 9.41 Å². The Hall–Kier alpha value is -3.16. The Bertz CT molecular complexity index is 961. The molecule has 152 valence electrons. The maximum Gasteiger partial charge on any atom is 0.216 e. The second-order valence-electron chi connectivity index (χ2n) is 7.25. The molecule has 0 unspecified atom stereocenters. The Morgan fingerprint density at radius 2 is 2.17 bits per heavy atom. The quantitative estimate of drug-likeness (QED) is 0.402. The summed E-state index contributed by atoms with van der Waals surface area (Å²) in [6, 6.07) is 10.5. The largest absolute Gasteiger partial charge is 0.461 e. The third kappa shape index (κ3) is 4.64. The summed E-state index contributed by atoms with van der Waals surface area (Å²) in [5.41, 5.74) is 0.997. The molecule has 0 spiro atoms. The minimum atomic E-state index is -0.191. The van der Waals surface area contributed by atoms with Gasteiger partial charge in [-0.1, -0.05) is 12.1 Å². The number of halogens is 1. The number of guanidine groups is 1. The number of hydrogen-bond donors (Lipinski definition) is 3. The molecule has 1 saturated carbocycles. The molecule has 3 N–H and O–H groups in total. The zero-order valence-corrected chi connectivity index (χ0v) is 16.4. The zero-order valence-electron chi connectivity index (χ0n) is 16.4. The van der Waals surface area contributed by atoms with Crippen LogP contribution in [0.1, 0.15) is 31.2 Å². The number of nitrogens with zero attached hydrogens (tertiary/aromatic N) is 3. The first-order valence-corrected chi connectivity index (χ1v) is 9.92. The van der Waals surface area contributed by atoms with Gasteiger partial charge < -0.3 is 15.1 Å². The molecule has 0 bridgehead atoms. The Labute approximate surface area is 168 Å². The first kappa shape index (κ1) is 19.2. The van der Waals surface area contributed by atoms with Crippen LogP contribution in [0.15, 0.2) is 52.1 Å². The minimum absolute atomic E-state index is 0.0344. The van der Waals surface area contributed by atoms with Crippen LogP contribution in [0.4, 0.5) is 4.39 Å². The maximum absolute atomic E-state index is 13.6. The van der Waals surface area contributed by atoms with Crippen LogP contribution in [0.2, 0.25) is 0 Å². The van der Waals surface area contributed by atoms with Gasteiger partial charge in [0, 0.05) is 24.9 Å². The molecule has 1 aliphatic carbocycles. The van der Waals surface area contributed by atoms with E-state index < -0.39 is 0 Å². The van der Waals surface area contributed by atoms with Crippen LogP contribution < -0.4 is 10.6 Å². The summed E-state index contributed by atoms with van der Waals surface area (Å²) in [5.74, 6) is 2.53. The van der Waals surface area contributed by atoms with E-state index in [1.54, 1.807) is 18.4 Å². The topological polar surface area (TPSA) is 91.1 Å². The lowest BCUT2D eigenvalue weighted by Gasteiger charge is -2.16. The zero-order chi connectivity index (χ0) is 20.1. The highest BCUT2D eigenvalue weighted by Crippen LogP contribution is 2.48. The lowest BCUT2D eigenvalue weighted by atomic mass is 9.96. The highest BCUT2D eigenvalue weighted by atomic mass is 19.1. The van der Waals surface area contributed by atoms with Gasteiger partial charge >= 0.3 is 0 Å². The third-order valence-electron chi connectivity index (χ3n) is 5.10. The van der Waals surface area contributed by atoms with E-state index in [0.29, 0.717) is 31.1 Å². The molecule has 4 rings (SSSR count). The van der Waals surface area contributed by atoms with Gasteiger partial charge in [-0.2, -0.15) is 5.10 Å². The number of rotatable bonds is 8. The SMILES string of the molecule is CCNC(=NCC1(c2cccc(F)c2)CC1)NCCc1nc(-c2ccco2)n[nH]1. The van der Waals surface area contributed by atoms with Crippen molar-refractivity contribution < 1.29 is 8.81 Å². The van der Waals surface area contributed by atoms with Crippen molar-refractivity contribution in [3.8, 4) is 11.6 Å². The fourth-order valence-electron chi connectivity index (χ4n) is 3.30. The fourth-order valence-corrected chi connectivity index (χ4v) is 3.30. The summed E-state index contributed by atoms with van der Waals surface area (Å²) in [6.45, 7) is 4.09. The normalized spacial score (nSPS) is 15.3. The van der Waals surface area contributed by atoms with Crippen molar-refractivity contribution in [3.63, 3.8) is 0 Å². The van der Waals surface area contributed by atoms with Gasteiger partial charge in [-0.25, -0.2) is 9.37 Å². The summed E-state index contributed by atoms with van der Waals surface area (Å²) in [6.07, 6.45) is 4.34. The number of aromatic nitrogens is 3. The standard InChI is InChI=1S/C21H25FN6O/c1-2-23-20(25-14-21(9-10-21)15-5-3-6-16(22)13-15)24-11-8-18-26-19(28-27-18)17-7-4-12-29-17/h3-7,12-13H,2,8-11,14H2,1H3,(H2,23,24,25)(H,26,27,28). The molecule has 0 radical (unpaired) electrons. The summed E-state index contributed by atoms with van der Waals surface area (Å²) in [4.78, 5) is 9.18. The number of furan rings is 1. The molecule has 1 aromatic carbocycles. The molecule has 0 atom stereocenters. The van der Waals surface area contributed by atoms with Gasteiger partial charge in [0.05, 0.1) is 12.8 Å². The van der Waals surface area contributed by atoms with Crippen LogP contribution in [-0.2, 0) is 11.8 Å². The molecular formula is C21H25FN6O. The molecule has 3 aromatic rings.